The predicted octanol–water partition coefficient (Wildman–Crippen LogP) is 3.70. The molecule has 1 aliphatic rings. The number of hydrogen-bond acceptors (Lipinski definition) is 5. The van der Waals surface area contributed by atoms with Crippen molar-refractivity contribution in [1.29, 1.82) is 0 Å². The van der Waals surface area contributed by atoms with E-state index in [2.05, 4.69) is 45.0 Å². The number of esters is 1. The molecule has 3 aromatic carbocycles. The first-order valence-electron chi connectivity index (χ1n) is 12.5. The molecule has 0 saturated carbocycles. The van der Waals surface area contributed by atoms with Gasteiger partial charge >= 0.3 is 5.97 Å². The largest absolute Gasteiger partial charge is 0.468 e. The number of methoxy groups -OCH3 is 2. The minimum absolute atomic E-state index is 0.159. The first kappa shape index (κ1) is 26.8. The second kappa shape index (κ2) is 11.0. The lowest BCUT2D eigenvalue weighted by Crippen LogP contribution is -2.72. The summed E-state index contributed by atoms with van der Waals surface area (Å²) in [7, 11) is -0.146. The SMILES string of the molecule is COC(=O)CN1C(=O)[C@@H](OC)[C@H]1[C@@H](O[Si](c1ccccc1)(c1ccccc1)C(C)(C)C)c1ccccc1. The summed E-state index contributed by atoms with van der Waals surface area (Å²) in [5.74, 6) is -0.727. The van der Waals surface area contributed by atoms with Crippen LogP contribution in [0.4, 0.5) is 0 Å². The second-order valence-electron chi connectivity index (χ2n) is 10.3. The molecule has 0 aromatic heterocycles. The van der Waals surface area contributed by atoms with Crippen LogP contribution in [0.5, 0.6) is 0 Å². The highest BCUT2D eigenvalue weighted by atomic mass is 28.4. The van der Waals surface area contributed by atoms with Gasteiger partial charge in [0.2, 0.25) is 0 Å². The van der Waals surface area contributed by atoms with E-state index >= 15 is 0 Å². The summed E-state index contributed by atoms with van der Waals surface area (Å²) in [5.41, 5.74) is 0.921. The normalized spacial score (nSPS) is 18.7. The first-order valence-corrected chi connectivity index (χ1v) is 14.4. The number of ether oxygens (including phenoxy) is 2. The van der Waals surface area contributed by atoms with Crippen molar-refractivity contribution < 1.29 is 23.5 Å². The van der Waals surface area contributed by atoms with E-state index < -0.39 is 32.5 Å². The Morgan fingerprint density at radius 2 is 1.35 bits per heavy atom. The van der Waals surface area contributed by atoms with E-state index in [1.807, 2.05) is 66.7 Å². The number of carbonyl (C=O) groups excluding carboxylic acids is 2. The molecule has 37 heavy (non-hydrogen) atoms. The van der Waals surface area contributed by atoms with E-state index in [1.54, 1.807) is 0 Å². The van der Waals surface area contributed by atoms with Gasteiger partial charge < -0.3 is 18.8 Å². The molecule has 1 amide bonds. The maximum Gasteiger partial charge on any atom is 0.325 e. The summed E-state index contributed by atoms with van der Waals surface area (Å²) in [6.45, 7) is 6.49. The number of β-lactam (4-membered cyclic amide) rings is 1. The highest BCUT2D eigenvalue weighted by molar-refractivity contribution is 6.99. The van der Waals surface area contributed by atoms with Crippen LogP contribution in [-0.2, 0) is 23.5 Å². The van der Waals surface area contributed by atoms with E-state index in [9.17, 15) is 9.59 Å². The van der Waals surface area contributed by atoms with Gasteiger partial charge in [-0.15, -0.1) is 0 Å². The molecular weight excluding hydrogens is 482 g/mol. The maximum atomic E-state index is 13.0. The average Bonchev–Trinajstić information content (AvgIpc) is 2.92. The van der Waals surface area contributed by atoms with Crippen LogP contribution in [0.15, 0.2) is 91.0 Å². The summed E-state index contributed by atoms with van der Waals surface area (Å²) >= 11 is 0. The van der Waals surface area contributed by atoms with E-state index in [4.69, 9.17) is 13.9 Å². The highest BCUT2D eigenvalue weighted by Gasteiger charge is 2.58. The fourth-order valence-corrected chi connectivity index (χ4v) is 10.0. The molecule has 0 N–H and O–H groups in total. The fourth-order valence-electron chi connectivity index (χ4n) is 5.35. The zero-order valence-corrected chi connectivity index (χ0v) is 23.1. The third-order valence-corrected chi connectivity index (χ3v) is 12.1. The number of rotatable bonds is 9. The van der Waals surface area contributed by atoms with Gasteiger partial charge in [-0.2, -0.15) is 0 Å². The molecule has 0 radical (unpaired) electrons. The van der Waals surface area contributed by atoms with Crippen molar-refractivity contribution in [3.63, 3.8) is 0 Å². The predicted molar refractivity (Wildman–Crippen MR) is 146 cm³/mol. The molecule has 0 bridgehead atoms. The van der Waals surface area contributed by atoms with Gasteiger partial charge in [0.1, 0.15) is 6.54 Å². The molecule has 194 valence electrons. The summed E-state index contributed by atoms with van der Waals surface area (Å²) in [6, 6.07) is 30.1. The minimum Gasteiger partial charge on any atom is -0.468 e. The summed E-state index contributed by atoms with van der Waals surface area (Å²) in [6.07, 6.45) is -1.27. The van der Waals surface area contributed by atoms with Crippen molar-refractivity contribution in [2.24, 2.45) is 0 Å². The molecule has 0 aliphatic carbocycles. The van der Waals surface area contributed by atoms with Crippen LogP contribution < -0.4 is 10.4 Å². The Bertz CT molecular complexity index is 1160. The third kappa shape index (κ3) is 4.99. The molecule has 1 heterocycles. The van der Waals surface area contributed by atoms with E-state index in [-0.39, 0.29) is 17.5 Å². The Balaban J connectivity index is 1.92. The standard InChI is InChI=1S/C30H35NO5Si/c1-30(2,3)37(23-17-11-7-12-18-23,24-19-13-8-14-20-24)36-27(22-15-9-6-10-16-22)26-28(35-5)29(33)31(26)21-25(32)34-4/h6-20,26-28H,21H2,1-5H3/t26-,27+,28+/m1/s1. The molecule has 6 nitrogen and oxygen atoms in total. The van der Waals surface area contributed by atoms with E-state index in [0.29, 0.717) is 0 Å². The number of benzene rings is 3. The number of carbonyl (C=O) groups is 2. The number of likely N-dealkylation sites (tertiary alicyclic amines) is 1. The molecule has 1 aliphatic heterocycles. The van der Waals surface area contributed by atoms with Gasteiger partial charge in [-0.1, -0.05) is 112 Å². The van der Waals surface area contributed by atoms with E-state index in [1.165, 1.54) is 19.1 Å². The number of nitrogens with zero attached hydrogens (tertiary/aromatic N) is 1. The number of amides is 1. The maximum absolute atomic E-state index is 13.0. The fraction of sp³-hybridized carbons (Fsp3) is 0.333. The highest BCUT2D eigenvalue weighted by Crippen LogP contribution is 2.44. The quantitative estimate of drug-likeness (QED) is 0.246. The molecule has 1 fully saturated rings. The molecule has 4 rings (SSSR count). The second-order valence-corrected chi connectivity index (χ2v) is 14.6. The zero-order chi connectivity index (χ0) is 26.6. The zero-order valence-electron chi connectivity index (χ0n) is 22.1. The van der Waals surface area contributed by atoms with Crippen molar-refractivity contribution in [3.05, 3.63) is 96.6 Å². The molecule has 7 heteroatoms. The van der Waals surface area contributed by atoms with Gasteiger partial charge in [0.25, 0.3) is 14.2 Å². The lowest BCUT2D eigenvalue weighted by Gasteiger charge is -2.53. The van der Waals surface area contributed by atoms with Gasteiger partial charge in [0.05, 0.1) is 19.3 Å². The van der Waals surface area contributed by atoms with Crippen LogP contribution in [0.1, 0.15) is 32.4 Å². The average molecular weight is 518 g/mol. The molecule has 3 atom stereocenters. The Morgan fingerprint density at radius 1 is 0.865 bits per heavy atom. The van der Waals surface area contributed by atoms with Crippen molar-refractivity contribution in [1.82, 2.24) is 4.90 Å². The molecule has 1 saturated heterocycles. The lowest BCUT2D eigenvalue weighted by atomic mass is 9.88. The van der Waals surface area contributed by atoms with Crippen molar-refractivity contribution in [2.75, 3.05) is 20.8 Å². The van der Waals surface area contributed by atoms with Crippen molar-refractivity contribution >= 4 is 30.6 Å². The van der Waals surface area contributed by atoms with Crippen LogP contribution in [0.2, 0.25) is 5.04 Å². The molecule has 0 unspecified atom stereocenters. The van der Waals surface area contributed by atoms with Crippen LogP contribution in [-0.4, -0.2) is 58.0 Å². The van der Waals surface area contributed by atoms with Gasteiger partial charge in [-0.25, -0.2) is 0 Å². The Labute approximate surface area is 220 Å². The first-order chi connectivity index (χ1) is 17.7. The summed E-state index contributed by atoms with van der Waals surface area (Å²) in [5, 5.41) is 1.99. The molecular formula is C30H35NO5Si. The number of hydrogen-bond donors (Lipinski definition) is 0. The van der Waals surface area contributed by atoms with Gasteiger partial charge in [0, 0.05) is 7.11 Å². The Kier molecular flexibility index (Phi) is 7.97. The van der Waals surface area contributed by atoms with Gasteiger partial charge in [0.15, 0.2) is 6.10 Å². The minimum atomic E-state index is -2.99. The van der Waals surface area contributed by atoms with Gasteiger partial charge in [-0.05, 0) is 21.0 Å². The van der Waals surface area contributed by atoms with Crippen LogP contribution in [0.3, 0.4) is 0 Å². The summed E-state index contributed by atoms with van der Waals surface area (Å²) < 4.78 is 18.1. The van der Waals surface area contributed by atoms with Crippen LogP contribution >= 0.6 is 0 Å². The monoisotopic (exact) mass is 517 g/mol. The van der Waals surface area contributed by atoms with Crippen molar-refractivity contribution in [3.8, 4) is 0 Å². The topological polar surface area (TPSA) is 65.1 Å². The Hall–Kier alpha value is -3.26. The van der Waals surface area contributed by atoms with Crippen LogP contribution in [0, 0.1) is 0 Å². The van der Waals surface area contributed by atoms with Crippen molar-refractivity contribution in [2.45, 2.75) is 44.1 Å². The smallest absolute Gasteiger partial charge is 0.325 e. The third-order valence-electron chi connectivity index (χ3n) is 7.14. The Morgan fingerprint density at radius 3 is 1.78 bits per heavy atom. The lowest BCUT2D eigenvalue weighted by molar-refractivity contribution is -0.184. The molecule has 0 spiro atoms. The van der Waals surface area contributed by atoms with Crippen LogP contribution in [0.25, 0.3) is 0 Å². The van der Waals surface area contributed by atoms with E-state index in [0.717, 1.165) is 15.9 Å². The van der Waals surface area contributed by atoms with Gasteiger partial charge in [-0.3, -0.25) is 9.59 Å². The molecule has 3 aromatic rings. The summed E-state index contributed by atoms with van der Waals surface area (Å²) in [4.78, 5) is 26.8.